The van der Waals surface area contributed by atoms with Gasteiger partial charge in [0.1, 0.15) is 6.04 Å². The molecule has 1 aromatic rings. The molecular formula is C17H23NO3S2. The topological polar surface area (TPSA) is 57.6 Å². The van der Waals surface area contributed by atoms with E-state index in [9.17, 15) is 9.59 Å². The predicted octanol–water partition coefficient (Wildman–Crippen LogP) is 3.46. The van der Waals surface area contributed by atoms with E-state index in [1.54, 1.807) is 11.8 Å². The SMILES string of the molecule is CC(CC(=O)N1CCC[C@H]1C(=O)O)SCSCc1ccccc1. The third kappa shape index (κ3) is 5.77. The zero-order chi connectivity index (χ0) is 16.7. The number of carboxylic acid groups (broad SMARTS) is 1. The van der Waals surface area contributed by atoms with Gasteiger partial charge in [-0.3, -0.25) is 4.79 Å². The molecule has 1 unspecified atom stereocenters. The second kappa shape index (κ2) is 9.23. The van der Waals surface area contributed by atoms with Crippen LogP contribution in [0.5, 0.6) is 0 Å². The molecule has 1 heterocycles. The fourth-order valence-corrected chi connectivity index (χ4v) is 4.98. The molecule has 1 N–H and O–H groups in total. The first-order valence-electron chi connectivity index (χ1n) is 7.83. The third-order valence-electron chi connectivity index (χ3n) is 3.87. The first kappa shape index (κ1) is 18.2. The smallest absolute Gasteiger partial charge is 0.326 e. The lowest BCUT2D eigenvalue weighted by atomic mass is 10.2. The summed E-state index contributed by atoms with van der Waals surface area (Å²) in [5, 5.41) is 10.3. The number of amides is 1. The van der Waals surface area contributed by atoms with E-state index in [1.807, 2.05) is 36.9 Å². The Kier molecular flexibility index (Phi) is 7.30. The summed E-state index contributed by atoms with van der Waals surface area (Å²) < 4.78 is 0. The number of carboxylic acids is 1. The summed E-state index contributed by atoms with van der Waals surface area (Å²) >= 11 is 3.60. The summed E-state index contributed by atoms with van der Waals surface area (Å²) in [6.45, 7) is 2.62. The van der Waals surface area contributed by atoms with Gasteiger partial charge in [-0.05, 0) is 18.4 Å². The van der Waals surface area contributed by atoms with Crippen molar-refractivity contribution < 1.29 is 14.7 Å². The number of aliphatic carboxylic acids is 1. The van der Waals surface area contributed by atoms with Crippen molar-refractivity contribution in [2.45, 2.75) is 43.2 Å². The summed E-state index contributed by atoms with van der Waals surface area (Å²) in [5.74, 6) is 0.0689. The highest BCUT2D eigenvalue weighted by atomic mass is 32.2. The number of rotatable bonds is 8. The van der Waals surface area contributed by atoms with Crippen LogP contribution in [-0.4, -0.2) is 44.8 Å². The van der Waals surface area contributed by atoms with Gasteiger partial charge in [-0.1, -0.05) is 37.3 Å². The number of likely N-dealkylation sites (tertiary alicyclic amines) is 1. The number of benzene rings is 1. The lowest BCUT2D eigenvalue weighted by Gasteiger charge is -2.23. The van der Waals surface area contributed by atoms with E-state index in [1.165, 1.54) is 10.5 Å². The Balaban J connectivity index is 1.67. The summed E-state index contributed by atoms with van der Waals surface area (Å²) in [6, 6.07) is 9.71. The van der Waals surface area contributed by atoms with E-state index in [0.29, 0.717) is 19.4 Å². The van der Waals surface area contributed by atoms with Crippen molar-refractivity contribution in [1.82, 2.24) is 4.90 Å². The largest absolute Gasteiger partial charge is 0.480 e. The fraction of sp³-hybridized carbons (Fsp3) is 0.529. The van der Waals surface area contributed by atoms with E-state index in [4.69, 9.17) is 5.11 Å². The Morgan fingerprint density at radius 2 is 2.09 bits per heavy atom. The molecule has 1 aromatic carbocycles. The van der Waals surface area contributed by atoms with Gasteiger partial charge in [0, 0.05) is 29.1 Å². The Morgan fingerprint density at radius 3 is 2.78 bits per heavy atom. The van der Waals surface area contributed by atoms with Crippen LogP contribution in [0, 0.1) is 0 Å². The molecule has 1 fully saturated rings. The molecule has 126 valence electrons. The molecule has 2 rings (SSSR count). The fourth-order valence-electron chi connectivity index (χ4n) is 2.64. The Morgan fingerprint density at radius 1 is 1.35 bits per heavy atom. The van der Waals surface area contributed by atoms with E-state index < -0.39 is 12.0 Å². The second-order valence-corrected chi connectivity index (χ2v) is 8.49. The lowest BCUT2D eigenvalue weighted by Crippen LogP contribution is -2.41. The van der Waals surface area contributed by atoms with Gasteiger partial charge in [-0.15, -0.1) is 23.5 Å². The van der Waals surface area contributed by atoms with Gasteiger partial charge in [0.2, 0.25) is 5.91 Å². The van der Waals surface area contributed by atoms with Crippen molar-refractivity contribution in [2.24, 2.45) is 0 Å². The molecular weight excluding hydrogens is 330 g/mol. The van der Waals surface area contributed by atoms with Crippen LogP contribution in [0.15, 0.2) is 30.3 Å². The van der Waals surface area contributed by atoms with E-state index in [2.05, 4.69) is 12.1 Å². The van der Waals surface area contributed by atoms with Gasteiger partial charge in [-0.25, -0.2) is 4.79 Å². The number of carbonyl (C=O) groups is 2. The molecule has 0 aromatic heterocycles. The highest BCUT2D eigenvalue weighted by molar-refractivity contribution is 8.15. The molecule has 4 nitrogen and oxygen atoms in total. The third-order valence-corrected chi connectivity index (χ3v) is 6.35. The molecule has 0 aliphatic carbocycles. The number of hydrogen-bond donors (Lipinski definition) is 1. The summed E-state index contributed by atoms with van der Waals surface area (Å²) in [4.78, 5) is 25.0. The maximum Gasteiger partial charge on any atom is 0.326 e. The zero-order valence-electron chi connectivity index (χ0n) is 13.3. The molecule has 1 saturated heterocycles. The van der Waals surface area contributed by atoms with Crippen molar-refractivity contribution in [3.63, 3.8) is 0 Å². The highest BCUT2D eigenvalue weighted by Gasteiger charge is 2.34. The van der Waals surface area contributed by atoms with Crippen LogP contribution in [0.4, 0.5) is 0 Å². The van der Waals surface area contributed by atoms with Crippen LogP contribution >= 0.6 is 23.5 Å². The van der Waals surface area contributed by atoms with Gasteiger partial charge < -0.3 is 10.0 Å². The maximum absolute atomic E-state index is 12.3. The van der Waals surface area contributed by atoms with Crippen molar-refractivity contribution in [3.8, 4) is 0 Å². The van der Waals surface area contributed by atoms with E-state index in [-0.39, 0.29) is 11.2 Å². The molecule has 0 radical (unpaired) electrons. The number of nitrogens with zero attached hydrogens (tertiary/aromatic N) is 1. The van der Waals surface area contributed by atoms with Crippen molar-refractivity contribution >= 4 is 35.4 Å². The van der Waals surface area contributed by atoms with Crippen LogP contribution in [-0.2, 0) is 15.3 Å². The van der Waals surface area contributed by atoms with E-state index >= 15 is 0 Å². The second-order valence-electron chi connectivity index (χ2n) is 5.72. The molecule has 1 aliphatic rings. The molecule has 23 heavy (non-hydrogen) atoms. The quantitative estimate of drug-likeness (QED) is 0.573. The van der Waals surface area contributed by atoms with E-state index in [0.717, 1.165) is 17.3 Å². The molecule has 1 aliphatic heterocycles. The summed E-state index contributed by atoms with van der Waals surface area (Å²) in [7, 11) is 0. The number of thioether (sulfide) groups is 2. The van der Waals surface area contributed by atoms with Gasteiger partial charge >= 0.3 is 5.97 Å². The minimum atomic E-state index is -0.880. The first-order chi connectivity index (χ1) is 11.1. The maximum atomic E-state index is 12.3. The minimum absolute atomic E-state index is 0.0250. The summed E-state index contributed by atoms with van der Waals surface area (Å²) in [6.07, 6.45) is 1.78. The first-order valence-corrected chi connectivity index (χ1v) is 10.0. The molecule has 6 heteroatoms. The van der Waals surface area contributed by atoms with Crippen LogP contribution in [0.25, 0.3) is 0 Å². The molecule has 1 amide bonds. The van der Waals surface area contributed by atoms with Gasteiger partial charge in [-0.2, -0.15) is 0 Å². The standard InChI is InChI=1S/C17H23NO3S2/c1-13(23-12-22-11-14-6-3-2-4-7-14)10-16(19)18-9-5-8-15(18)17(20)21/h2-4,6-7,13,15H,5,8-12H2,1H3,(H,20,21)/t13?,15-/m0/s1. The van der Waals surface area contributed by atoms with Crippen LogP contribution in [0.2, 0.25) is 0 Å². The number of hydrogen-bond acceptors (Lipinski definition) is 4. The number of carbonyl (C=O) groups excluding carboxylic acids is 1. The Hall–Kier alpha value is -1.14. The van der Waals surface area contributed by atoms with Gasteiger partial charge in [0.05, 0.1) is 0 Å². The van der Waals surface area contributed by atoms with Crippen molar-refractivity contribution in [2.75, 3.05) is 11.6 Å². The molecule has 0 saturated carbocycles. The normalized spacial score (nSPS) is 18.8. The molecule has 0 bridgehead atoms. The zero-order valence-corrected chi connectivity index (χ0v) is 14.9. The minimum Gasteiger partial charge on any atom is -0.480 e. The highest BCUT2D eigenvalue weighted by Crippen LogP contribution is 2.25. The predicted molar refractivity (Wildman–Crippen MR) is 96.6 cm³/mol. The van der Waals surface area contributed by atoms with Crippen molar-refractivity contribution in [3.05, 3.63) is 35.9 Å². The van der Waals surface area contributed by atoms with Crippen LogP contribution < -0.4 is 0 Å². The van der Waals surface area contributed by atoms with Crippen molar-refractivity contribution in [1.29, 1.82) is 0 Å². The lowest BCUT2D eigenvalue weighted by molar-refractivity contribution is -0.148. The van der Waals surface area contributed by atoms with Gasteiger partial charge in [0.25, 0.3) is 0 Å². The average Bonchev–Trinajstić information content (AvgIpc) is 3.02. The average molecular weight is 354 g/mol. The monoisotopic (exact) mass is 353 g/mol. The molecule has 0 spiro atoms. The van der Waals surface area contributed by atoms with Gasteiger partial charge in [0.15, 0.2) is 0 Å². The Labute approximate surface area is 146 Å². The Bertz CT molecular complexity index is 524. The van der Waals surface area contributed by atoms with Crippen LogP contribution in [0.1, 0.15) is 31.7 Å². The molecule has 2 atom stereocenters. The van der Waals surface area contributed by atoms with Crippen LogP contribution in [0.3, 0.4) is 0 Å². The summed E-state index contributed by atoms with van der Waals surface area (Å²) in [5.41, 5.74) is 1.31.